The molecule has 10 aromatic carbocycles. The van der Waals surface area contributed by atoms with Crippen LogP contribution in [-0.2, 0) is 5.41 Å². The SMILES string of the molecule is c1ccc(B(c2ccc3c(c2)C2(c4ccccc4Oc4ccccc42)c2cc(B(c4ccccc4)c4cccc5c4oc4ccccc45)ccc2O3)c2cccc3c2oc2ccccc23)cc1. The second-order valence-corrected chi connectivity index (χ2v) is 17.8. The van der Waals surface area contributed by atoms with E-state index in [0.717, 1.165) is 111 Å². The lowest BCUT2D eigenvalue weighted by Crippen LogP contribution is -2.53. The van der Waals surface area contributed by atoms with Crippen molar-refractivity contribution in [3.05, 3.63) is 253 Å². The maximum absolute atomic E-state index is 7.17. The molecule has 0 bridgehead atoms. The first-order chi connectivity index (χ1) is 33.2. The molecule has 312 valence electrons. The van der Waals surface area contributed by atoms with Crippen LogP contribution < -0.4 is 42.3 Å². The normalized spacial score (nSPS) is 13.1. The quantitative estimate of drug-likeness (QED) is 0.156. The fourth-order valence-corrected chi connectivity index (χ4v) is 11.4. The highest BCUT2D eigenvalue weighted by atomic mass is 16.5. The second kappa shape index (κ2) is 14.8. The predicted molar refractivity (Wildman–Crippen MR) is 275 cm³/mol. The monoisotopic (exact) mass is 856 g/mol. The van der Waals surface area contributed by atoms with E-state index in [1.54, 1.807) is 0 Å². The first kappa shape index (κ1) is 37.9. The zero-order chi connectivity index (χ0) is 44.1. The summed E-state index contributed by atoms with van der Waals surface area (Å²) in [7, 11) is 0. The summed E-state index contributed by atoms with van der Waals surface area (Å²) < 4.78 is 27.6. The van der Waals surface area contributed by atoms with Gasteiger partial charge in [0.05, 0.1) is 5.41 Å². The average molecular weight is 857 g/mol. The van der Waals surface area contributed by atoms with Gasteiger partial charge in [-0.3, -0.25) is 0 Å². The van der Waals surface area contributed by atoms with Gasteiger partial charge in [0.2, 0.25) is 13.4 Å². The summed E-state index contributed by atoms with van der Waals surface area (Å²) in [6.07, 6.45) is 0. The molecule has 0 saturated heterocycles. The number of furan rings is 2. The Balaban J connectivity index is 1.05. The Morgan fingerprint density at radius 1 is 0.284 bits per heavy atom. The third kappa shape index (κ3) is 5.63. The Hall–Kier alpha value is -8.47. The molecular weight excluding hydrogens is 818 g/mol. The molecule has 0 aliphatic carbocycles. The first-order valence-electron chi connectivity index (χ1n) is 23.0. The van der Waals surface area contributed by atoms with Crippen molar-refractivity contribution in [3.63, 3.8) is 0 Å². The summed E-state index contributed by atoms with van der Waals surface area (Å²) in [4.78, 5) is 0. The van der Waals surface area contributed by atoms with Gasteiger partial charge in [-0.2, -0.15) is 0 Å². The molecule has 0 N–H and O–H groups in total. The van der Waals surface area contributed by atoms with Gasteiger partial charge in [0.25, 0.3) is 0 Å². The molecule has 2 aliphatic heterocycles. The number of ether oxygens (including phenoxy) is 2. The molecule has 0 fully saturated rings. The Kier molecular flexibility index (Phi) is 8.35. The van der Waals surface area contributed by atoms with Gasteiger partial charge >= 0.3 is 0 Å². The number of hydrogen-bond donors (Lipinski definition) is 0. The number of rotatable bonds is 6. The number of para-hydroxylation sites is 6. The maximum atomic E-state index is 7.17. The van der Waals surface area contributed by atoms with Crippen molar-refractivity contribution in [1.82, 2.24) is 0 Å². The van der Waals surface area contributed by atoms with E-state index in [2.05, 4.69) is 218 Å². The minimum atomic E-state index is -0.848. The third-order valence-electron chi connectivity index (χ3n) is 14.3. The van der Waals surface area contributed by atoms with Gasteiger partial charge in [0, 0.05) is 43.8 Å². The summed E-state index contributed by atoms with van der Waals surface area (Å²) >= 11 is 0. The molecule has 67 heavy (non-hydrogen) atoms. The van der Waals surface area contributed by atoms with Gasteiger partial charge < -0.3 is 18.3 Å². The molecule has 0 saturated carbocycles. The lowest BCUT2D eigenvalue weighted by atomic mass is 9.36. The summed E-state index contributed by atoms with van der Waals surface area (Å²) in [5, 5.41) is 4.42. The molecule has 0 amide bonds. The topological polar surface area (TPSA) is 44.7 Å². The van der Waals surface area contributed by atoms with Crippen LogP contribution in [0.5, 0.6) is 23.0 Å². The fourth-order valence-electron chi connectivity index (χ4n) is 11.4. The molecule has 6 heteroatoms. The highest BCUT2D eigenvalue weighted by Gasteiger charge is 2.51. The summed E-state index contributed by atoms with van der Waals surface area (Å²) in [6.45, 7) is -0.338. The van der Waals surface area contributed by atoms with Crippen LogP contribution in [0, 0.1) is 0 Å². The Morgan fingerprint density at radius 2 is 0.672 bits per heavy atom. The van der Waals surface area contributed by atoms with Crippen LogP contribution in [0.3, 0.4) is 0 Å². The van der Waals surface area contributed by atoms with Crippen molar-refractivity contribution in [3.8, 4) is 23.0 Å². The number of benzene rings is 10. The van der Waals surface area contributed by atoms with E-state index < -0.39 is 5.41 Å². The van der Waals surface area contributed by atoms with E-state index in [4.69, 9.17) is 18.3 Å². The van der Waals surface area contributed by atoms with Gasteiger partial charge in [0.1, 0.15) is 45.3 Å². The van der Waals surface area contributed by atoms with Crippen molar-refractivity contribution in [2.75, 3.05) is 0 Å². The molecule has 4 heterocycles. The van der Waals surface area contributed by atoms with E-state index in [1.165, 1.54) is 10.9 Å². The molecule has 2 aliphatic rings. The zero-order valence-electron chi connectivity index (χ0n) is 36.2. The standard InChI is InChI=1S/C61H38B2O4/c1-3-17-39(18-4-1)62(51-27-15-23-45-43-21-7-11-29-53(43)66-59(45)51)41-33-35-57-49(37-41)61(47-25-9-13-31-55(47)64-56-32-14-10-26-48(56)61)50-38-42(34-36-58(50)65-57)63(40-19-5-2-6-20-40)52-28-16-24-46-44-22-8-12-30-54(44)67-60(46)52/h1-38H. The Bertz CT molecular complexity index is 3660. The lowest BCUT2D eigenvalue weighted by Gasteiger charge is -2.45. The van der Waals surface area contributed by atoms with Crippen LogP contribution in [0.1, 0.15) is 22.3 Å². The first-order valence-corrected chi connectivity index (χ1v) is 23.0. The third-order valence-corrected chi connectivity index (χ3v) is 14.3. The predicted octanol–water partition coefficient (Wildman–Crippen LogP) is 11.1. The van der Waals surface area contributed by atoms with Crippen molar-refractivity contribution < 1.29 is 18.3 Å². The van der Waals surface area contributed by atoms with E-state index in [0.29, 0.717) is 0 Å². The van der Waals surface area contributed by atoms with E-state index in [1.807, 2.05) is 12.1 Å². The maximum Gasteiger partial charge on any atom is 0.246 e. The summed E-state index contributed by atoms with van der Waals surface area (Å²) in [5.74, 6) is 3.23. The van der Waals surface area contributed by atoms with Crippen molar-refractivity contribution in [2.45, 2.75) is 5.41 Å². The van der Waals surface area contributed by atoms with E-state index in [9.17, 15) is 0 Å². The van der Waals surface area contributed by atoms with E-state index in [-0.39, 0.29) is 13.4 Å². The van der Waals surface area contributed by atoms with Crippen molar-refractivity contribution in [1.29, 1.82) is 0 Å². The average Bonchev–Trinajstić information content (AvgIpc) is 3.97. The molecule has 4 nitrogen and oxygen atoms in total. The lowest BCUT2D eigenvalue weighted by molar-refractivity contribution is 0.399. The van der Waals surface area contributed by atoms with Crippen molar-refractivity contribution >= 4 is 90.1 Å². The summed E-state index contributed by atoms with van der Waals surface area (Å²) in [5.41, 5.74) is 13.7. The van der Waals surface area contributed by atoms with Gasteiger partial charge in [0.15, 0.2) is 0 Å². The smallest absolute Gasteiger partial charge is 0.246 e. The molecule has 0 radical (unpaired) electrons. The second-order valence-electron chi connectivity index (χ2n) is 17.8. The number of hydrogen-bond acceptors (Lipinski definition) is 4. The Morgan fingerprint density at radius 3 is 1.15 bits per heavy atom. The molecule has 14 rings (SSSR count). The minimum absolute atomic E-state index is 0.169. The largest absolute Gasteiger partial charge is 0.457 e. The van der Waals surface area contributed by atoms with Crippen LogP contribution >= 0.6 is 0 Å². The van der Waals surface area contributed by atoms with Gasteiger partial charge in [-0.05, 0) is 47.3 Å². The Labute approximate surface area is 387 Å². The van der Waals surface area contributed by atoms with Crippen LogP contribution in [0.15, 0.2) is 239 Å². The molecule has 0 atom stereocenters. The molecule has 2 aromatic heterocycles. The van der Waals surface area contributed by atoms with Crippen LogP contribution in [0.2, 0.25) is 0 Å². The van der Waals surface area contributed by atoms with E-state index >= 15 is 0 Å². The molecular formula is C61H38B2O4. The minimum Gasteiger partial charge on any atom is -0.457 e. The highest BCUT2D eigenvalue weighted by Crippen LogP contribution is 2.61. The highest BCUT2D eigenvalue weighted by molar-refractivity contribution is 6.97. The van der Waals surface area contributed by atoms with Gasteiger partial charge in [-0.1, -0.05) is 216 Å². The molecule has 1 spiro atoms. The fraction of sp³-hybridized carbons (Fsp3) is 0.0164. The zero-order valence-corrected chi connectivity index (χ0v) is 36.2. The molecule has 12 aromatic rings. The molecule has 0 unspecified atom stereocenters. The number of fused-ring (bicyclic) bond motifs is 14. The summed E-state index contributed by atoms with van der Waals surface area (Å²) in [6, 6.07) is 82.0. The van der Waals surface area contributed by atoms with Gasteiger partial charge in [-0.25, -0.2) is 0 Å². The van der Waals surface area contributed by atoms with Crippen LogP contribution in [0.25, 0.3) is 43.9 Å². The van der Waals surface area contributed by atoms with Crippen molar-refractivity contribution in [2.24, 2.45) is 0 Å². The van der Waals surface area contributed by atoms with Crippen LogP contribution in [-0.4, -0.2) is 13.4 Å². The van der Waals surface area contributed by atoms with Crippen LogP contribution in [0.4, 0.5) is 0 Å². The van der Waals surface area contributed by atoms with Gasteiger partial charge in [-0.15, -0.1) is 0 Å².